The average Bonchev–Trinajstić information content (AvgIpc) is 2.66. The third kappa shape index (κ3) is 1.88. The highest BCUT2D eigenvalue weighted by Gasteiger charge is 2.37. The van der Waals surface area contributed by atoms with Crippen LogP contribution in [0.5, 0.6) is 0 Å². The van der Waals surface area contributed by atoms with E-state index in [4.69, 9.17) is 11.6 Å². The number of hydrogen-bond donors (Lipinski definition) is 0. The predicted octanol–water partition coefficient (Wildman–Crippen LogP) is 3.90. The number of fused-ring (bicyclic) bond motifs is 1. The van der Waals surface area contributed by atoms with E-state index in [-0.39, 0.29) is 11.8 Å². The molecule has 2 aromatic carbocycles. The fourth-order valence-corrected chi connectivity index (χ4v) is 2.66. The van der Waals surface area contributed by atoms with Crippen molar-refractivity contribution < 1.29 is 9.59 Å². The molecule has 0 radical (unpaired) electrons. The highest BCUT2D eigenvalue weighted by molar-refractivity contribution is 9.10. The largest absolute Gasteiger partial charge is 0.268 e. The number of halogens is 2. The Balaban J connectivity index is 2.17. The van der Waals surface area contributed by atoms with Crippen LogP contribution in [0.3, 0.4) is 0 Å². The topological polar surface area (TPSA) is 37.4 Å². The van der Waals surface area contributed by atoms with Crippen LogP contribution in [-0.4, -0.2) is 11.8 Å². The van der Waals surface area contributed by atoms with Crippen LogP contribution in [-0.2, 0) is 0 Å². The summed E-state index contributed by atoms with van der Waals surface area (Å²) in [7, 11) is 0. The maximum Gasteiger partial charge on any atom is 0.266 e. The molecule has 0 bridgehead atoms. The van der Waals surface area contributed by atoms with Gasteiger partial charge in [0.2, 0.25) is 0 Å². The molecule has 2 aromatic rings. The molecule has 5 heteroatoms. The molecular formula is C14H7BrClNO2. The lowest BCUT2D eigenvalue weighted by Crippen LogP contribution is -2.29. The number of imide groups is 1. The van der Waals surface area contributed by atoms with Gasteiger partial charge in [-0.25, -0.2) is 4.90 Å². The van der Waals surface area contributed by atoms with E-state index < -0.39 is 0 Å². The molecule has 2 amide bonds. The van der Waals surface area contributed by atoms with E-state index in [1.165, 1.54) is 0 Å². The Kier molecular flexibility index (Phi) is 2.92. The molecule has 94 valence electrons. The Morgan fingerprint density at radius 3 is 2.11 bits per heavy atom. The van der Waals surface area contributed by atoms with Gasteiger partial charge in [-0.1, -0.05) is 23.7 Å². The van der Waals surface area contributed by atoms with Crippen LogP contribution in [0.1, 0.15) is 20.7 Å². The van der Waals surface area contributed by atoms with Crippen LogP contribution in [0.2, 0.25) is 5.02 Å². The summed E-state index contributed by atoms with van der Waals surface area (Å²) in [5, 5.41) is 0.467. The minimum absolute atomic E-state index is 0.330. The molecule has 0 saturated carbocycles. The molecule has 3 nitrogen and oxygen atoms in total. The second-order valence-corrected chi connectivity index (χ2v) is 5.38. The van der Waals surface area contributed by atoms with E-state index >= 15 is 0 Å². The van der Waals surface area contributed by atoms with Gasteiger partial charge in [-0.2, -0.15) is 0 Å². The van der Waals surface area contributed by atoms with Crippen LogP contribution in [0, 0.1) is 0 Å². The van der Waals surface area contributed by atoms with Crippen LogP contribution in [0.15, 0.2) is 46.9 Å². The van der Waals surface area contributed by atoms with Crippen molar-refractivity contribution in [1.82, 2.24) is 0 Å². The van der Waals surface area contributed by atoms with Gasteiger partial charge >= 0.3 is 0 Å². The Morgan fingerprint density at radius 2 is 1.53 bits per heavy atom. The van der Waals surface area contributed by atoms with E-state index in [9.17, 15) is 9.59 Å². The zero-order chi connectivity index (χ0) is 13.6. The van der Waals surface area contributed by atoms with Crippen molar-refractivity contribution in [2.45, 2.75) is 0 Å². The van der Waals surface area contributed by atoms with Gasteiger partial charge in [-0.15, -0.1) is 0 Å². The number of nitrogens with zero attached hydrogens (tertiary/aromatic N) is 1. The molecule has 0 fully saturated rings. The predicted molar refractivity (Wildman–Crippen MR) is 76.7 cm³/mol. The Hall–Kier alpha value is -1.65. The van der Waals surface area contributed by atoms with Gasteiger partial charge in [0.1, 0.15) is 0 Å². The third-order valence-corrected chi connectivity index (χ3v) is 3.85. The fourth-order valence-electron chi connectivity index (χ4n) is 2.07. The number of benzene rings is 2. The average molecular weight is 337 g/mol. The zero-order valence-electron chi connectivity index (χ0n) is 9.56. The SMILES string of the molecule is O=C1c2ccccc2C(=O)N1c1cc(Cl)ccc1Br. The number of hydrogen-bond acceptors (Lipinski definition) is 2. The quantitative estimate of drug-likeness (QED) is 0.741. The van der Waals surface area contributed by atoms with E-state index in [0.717, 1.165) is 4.90 Å². The zero-order valence-corrected chi connectivity index (χ0v) is 11.9. The highest BCUT2D eigenvalue weighted by Crippen LogP contribution is 2.35. The Bertz CT molecular complexity index is 679. The summed E-state index contributed by atoms with van der Waals surface area (Å²) in [4.78, 5) is 25.8. The molecule has 1 aliphatic heterocycles. The van der Waals surface area contributed by atoms with Crippen LogP contribution in [0.25, 0.3) is 0 Å². The van der Waals surface area contributed by atoms with Crippen LogP contribution >= 0.6 is 27.5 Å². The summed E-state index contributed by atoms with van der Waals surface area (Å²) in [6, 6.07) is 11.8. The molecule has 19 heavy (non-hydrogen) atoms. The van der Waals surface area contributed by atoms with Crippen LogP contribution < -0.4 is 4.90 Å². The Morgan fingerprint density at radius 1 is 0.947 bits per heavy atom. The lowest BCUT2D eigenvalue weighted by Gasteiger charge is -2.15. The normalized spacial score (nSPS) is 13.9. The first-order valence-corrected chi connectivity index (χ1v) is 6.69. The molecule has 0 spiro atoms. The van der Waals surface area contributed by atoms with Crippen molar-refractivity contribution >= 4 is 45.0 Å². The number of anilines is 1. The fraction of sp³-hybridized carbons (Fsp3) is 0. The van der Waals surface area contributed by atoms with Crippen molar-refractivity contribution in [2.24, 2.45) is 0 Å². The molecule has 3 rings (SSSR count). The highest BCUT2D eigenvalue weighted by atomic mass is 79.9. The molecule has 1 aliphatic rings. The molecule has 0 atom stereocenters. The maximum absolute atomic E-state index is 12.3. The molecule has 0 aliphatic carbocycles. The summed E-state index contributed by atoms with van der Waals surface area (Å²) in [5.74, 6) is -0.660. The summed E-state index contributed by atoms with van der Waals surface area (Å²) in [6.45, 7) is 0. The number of amides is 2. The third-order valence-electron chi connectivity index (χ3n) is 2.94. The lowest BCUT2D eigenvalue weighted by atomic mass is 10.1. The van der Waals surface area contributed by atoms with Crippen molar-refractivity contribution in [2.75, 3.05) is 4.90 Å². The molecule has 0 saturated heterocycles. The minimum Gasteiger partial charge on any atom is -0.268 e. The second kappa shape index (κ2) is 4.47. The van der Waals surface area contributed by atoms with Gasteiger partial charge in [0.15, 0.2) is 0 Å². The van der Waals surface area contributed by atoms with Gasteiger partial charge < -0.3 is 0 Å². The monoisotopic (exact) mass is 335 g/mol. The van der Waals surface area contributed by atoms with Crippen molar-refractivity contribution in [3.63, 3.8) is 0 Å². The van der Waals surface area contributed by atoms with E-state index in [1.807, 2.05) is 0 Å². The smallest absolute Gasteiger partial charge is 0.266 e. The van der Waals surface area contributed by atoms with E-state index in [0.29, 0.717) is 26.3 Å². The molecule has 0 aromatic heterocycles. The van der Waals surface area contributed by atoms with Gasteiger partial charge in [-0.3, -0.25) is 9.59 Å². The minimum atomic E-state index is -0.330. The first kappa shape index (κ1) is 12.4. The summed E-state index contributed by atoms with van der Waals surface area (Å²) < 4.78 is 0.645. The van der Waals surface area contributed by atoms with E-state index in [2.05, 4.69) is 15.9 Å². The first-order valence-electron chi connectivity index (χ1n) is 5.52. The standard InChI is InChI=1S/C14H7BrClNO2/c15-11-6-5-8(16)7-12(11)17-13(18)9-3-1-2-4-10(9)14(17)19/h1-7H. The number of carbonyl (C=O) groups is 2. The molecule has 0 N–H and O–H groups in total. The number of rotatable bonds is 1. The van der Waals surface area contributed by atoms with Gasteiger partial charge in [0.05, 0.1) is 16.8 Å². The van der Waals surface area contributed by atoms with Crippen molar-refractivity contribution in [3.05, 3.63) is 63.1 Å². The summed E-state index contributed by atoms with van der Waals surface area (Å²) in [5.41, 5.74) is 1.29. The first-order chi connectivity index (χ1) is 9.09. The maximum atomic E-state index is 12.3. The summed E-state index contributed by atoms with van der Waals surface area (Å²) in [6.07, 6.45) is 0. The molecular weight excluding hydrogens is 330 g/mol. The molecule has 1 heterocycles. The van der Waals surface area contributed by atoms with Gasteiger partial charge in [-0.05, 0) is 46.3 Å². The second-order valence-electron chi connectivity index (χ2n) is 4.09. The van der Waals surface area contributed by atoms with Gasteiger partial charge in [0.25, 0.3) is 11.8 Å². The van der Waals surface area contributed by atoms with E-state index in [1.54, 1.807) is 42.5 Å². The van der Waals surface area contributed by atoms with Gasteiger partial charge in [0, 0.05) is 9.50 Å². The number of carbonyl (C=O) groups excluding carboxylic acids is 2. The lowest BCUT2D eigenvalue weighted by molar-refractivity contribution is 0.0926. The Labute approximate surface area is 122 Å². The summed E-state index contributed by atoms with van der Waals surface area (Å²) >= 11 is 9.27. The van der Waals surface area contributed by atoms with Crippen LogP contribution in [0.4, 0.5) is 5.69 Å². The van der Waals surface area contributed by atoms with Crippen molar-refractivity contribution in [3.8, 4) is 0 Å². The van der Waals surface area contributed by atoms with Crippen molar-refractivity contribution in [1.29, 1.82) is 0 Å². The molecule has 0 unspecified atom stereocenters.